The molecule has 2 aliphatic carbocycles. The second kappa shape index (κ2) is 9.25. The predicted molar refractivity (Wildman–Crippen MR) is 136 cm³/mol. The average Bonchev–Trinajstić information content (AvgIpc) is 3.83. The van der Waals surface area contributed by atoms with Crippen molar-refractivity contribution in [2.45, 2.75) is 25.7 Å². The van der Waals surface area contributed by atoms with Gasteiger partial charge in [-0.3, -0.25) is 14.4 Å². The zero-order chi connectivity index (χ0) is 26.3. The Morgan fingerprint density at radius 2 is 1.71 bits per heavy atom. The molecule has 4 aromatic rings. The third-order valence-electron chi connectivity index (χ3n) is 6.56. The quantitative estimate of drug-likeness (QED) is 0.300. The maximum atomic E-state index is 14.8. The fourth-order valence-corrected chi connectivity index (χ4v) is 4.03. The van der Waals surface area contributed by atoms with E-state index in [-0.39, 0.29) is 29.1 Å². The minimum atomic E-state index is -1.22. The Morgan fingerprint density at radius 1 is 0.947 bits per heavy atom. The zero-order valence-corrected chi connectivity index (χ0v) is 20.1. The number of rotatable bonds is 8. The van der Waals surface area contributed by atoms with E-state index in [1.54, 1.807) is 42.6 Å². The van der Waals surface area contributed by atoms with Crippen molar-refractivity contribution in [2.75, 3.05) is 16.0 Å². The van der Waals surface area contributed by atoms with Crippen LogP contribution < -0.4 is 20.7 Å². The second-order valence-corrected chi connectivity index (χ2v) is 9.46. The van der Waals surface area contributed by atoms with Crippen molar-refractivity contribution < 1.29 is 23.5 Å². The van der Waals surface area contributed by atoms with Crippen LogP contribution in [0.25, 0.3) is 5.65 Å². The van der Waals surface area contributed by atoms with Gasteiger partial charge in [0.2, 0.25) is 23.6 Å². The van der Waals surface area contributed by atoms with Crippen LogP contribution in [0.5, 0.6) is 11.6 Å². The van der Waals surface area contributed by atoms with Crippen molar-refractivity contribution in [1.82, 2.24) is 14.6 Å². The first-order chi connectivity index (χ1) is 18.4. The van der Waals surface area contributed by atoms with Crippen LogP contribution in [0.15, 0.2) is 66.9 Å². The van der Waals surface area contributed by atoms with Crippen LogP contribution in [0.4, 0.5) is 21.6 Å². The summed E-state index contributed by atoms with van der Waals surface area (Å²) in [6, 6.07) is 16.1. The minimum absolute atomic E-state index is 0.0515. The van der Waals surface area contributed by atoms with Gasteiger partial charge in [0.1, 0.15) is 17.0 Å². The predicted octanol–water partition coefficient (Wildman–Crippen LogP) is 4.37. The fourth-order valence-electron chi connectivity index (χ4n) is 4.03. The molecule has 0 radical (unpaired) electrons. The molecule has 0 saturated heterocycles. The number of anilines is 3. The first kappa shape index (κ1) is 23.6. The highest BCUT2D eigenvalue weighted by atomic mass is 19.1. The number of hydrogen-bond acceptors (Lipinski definition) is 6. The number of imidazole rings is 1. The largest absolute Gasteiger partial charge is 0.437 e. The number of hydrogen-bond donors (Lipinski definition) is 3. The van der Waals surface area contributed by atoms with Crippen molar-refractivity contribution in [3.05, 3.63) is 72.7 Å². The van der Waals surface area contributed by atoms with Gasteiger partial charge < -0.3 is 20.7 Å². The standard InChI is InChI=1S/C27H23FN6O4/c28-19-14-18(38-23-11-10-22-31-21(15-34(22)33-23)32-24(35)16-6-7-16)8-9-20(19)30-26(37)27(12-13-27)25(36)29-17-4-2-1-3-5-17/h1-5,8-11,14-16H,6-7,12-13H2,(H,29,36)(H,30,37)(H,32,35). The van der Waals surface area contributed by atoms with E-state index in [1.165, 1.54) is 16.6 Å². The molecule has 0 unspecified atom stereocenters. The summed E-state index contributed by atoms with van der Waals surface area (Å²) in [4.78, 5) is 41.9. The summed E-state index contributed by atoms with van der Waals surface area (Å²) in [6.07, 6.45) is 4.12. The lowest BCUT2D eigenvalue weighted by Crippen LogP contribution is -2.35. The fraction of sp³-hybridized carbons (Fsp3) is 0.222. The van der Waals surface area contributed by atoms with E-state index < -0.39 is 23.0 Å². The molecular formula is C27H23FN6O4. The summed E-state index contributed by atoms with van der Waals surface area (Å²) in [7, 11) is 0. The maximum Gasteiger partial charge on any atom is 0.240 e. The molecule has 0 aliphatic heterocycles. The van der Waals surface area contributed by atoms with E-state index >= 15 is 0 Å². The lowest BCUT2D eigenvalue weighted by Gasteiger charge is -2.16. The second-order valence-electron chi connectivity index (χ2n) is 9.46. The number of nitrogens with zero attached hydrogens (tertiary/aromatic N) is 3. The monoisotopic (exact) mass is 514 g/mol. The highest BCUT2D eigenvalue weighted by molar-refractivity contribution is 6.16. The van der Waals surface area contributed by atoms with Crippen LogP contribution in [0, 0.1) is 17.2 Å². The molecule has 2 saturated carbocycles. The van der Waals surface area contributed by atoms with Gasteiger partial charge in [-0.25, -0.2) is 13.9 Å². The molecular weight excluding hydrogens is 491 g/mol. The van der Waals surface area contributed by atoms with Crippen LogP contribution in [0.2, 0.25) is 0 Å². The van der Waals surface area contributed by atoms with E-state index in [0.29, 0.717) is 30.0 Å². The lowest BCUT2D eigenvalue weighted by atomic mass is 10.0. The molecule has 11 heteroatoms. The number of carbonyl (C=O) groups is 3. The van der Waals surface area contributed by atoms with Crippen LogP contribution in [0.3, 0.4) is 0 Å². The third-order valence-corrected chi connectivity index (χ3v) is 6.56. The molecule has 2 aliphatic rings. The molecule has 3 N–H and O–H groups in total. The lowest BCUT2D eigenvalue weighted by molar-refractivity contribution is -0.131. The number of para-hydroxylation sites is 1. The number of nitrogens with one attached hydrogen (secondary N) is 3. The smallest absolute Gasteiger partial charge is 0.240 e. The number of ether oxygens (including phenoxy) is 1. The summed E-state index contributed by atoms with van der Waals surface area (Å²) in [5.74, 6) is -0.966. The first-order valence-corrected chi connectivity index (χ1v) is 12.2. The van der Waals surface area contributed by atoms with Crippen molar-refractivity contribution in [3.63, 3.8) is 0 Å². The SMILES string of the molecule is O=C(Nc1cn2nc(Oc3ccc(NC(=O)C4(C(=O)Nc5ccccc5)CC4)c(F)c3)ccc2n1)C1CC1. The molecule has 2 heterocycles. The Bertz CT molecular complexity index is 1560. The van der Waals surface area contributed by atoms with Gasteiger partial charge in [-0.15, -0.1) is 5.10 Å². The molecule has 38 heavy (non-hydrogen) atoms. The number of carbonyl (C=O) groups excluding carboxylic acids is 3. The van der Waals surface area contributed by atoms with Crippen LogP contribution in [-0.4, -0.2) is 32.3 Å². The van der Waals surface area contributed by atoms with Crippen LogP contribution >= 0.6 is 0 Å². The molecule has 0 atom stereocenters. The number of amides is 3. The highest BCUT2D eigenvalue weighted by Crippen LogP contribution is 2.47. The van der Waals surface area contributed by atoms with Gasteiger partial charge in [-0.2, -0.15) is 0 Å². The van der Waals surface area contributed by atoms with Crippen molar-refractivity contribution in [2.24, 2.45) is 11.3 Å². The van der Waals surface area contributed by atoms with E-state index in [2.05, 4.69) is 26.0 Å². The van der Waals surface area contributed by atoms with E-state index in [1.807, 2.05) is 6.07 Å². The molecule has 0 bridgehead atoms. The summed E-state index contributed by atoms with van der Waals surface area (Å²) in [5, 5.41) is 12.3. The summed E-state index contributed by atoms with van der Waals surface area (Å²) < 4.78 is 22.0. The molecule has 2 aromatic heterocycles. The van der Waals surface area contributed by atoms with E-state index in [0.717, 1.165) is 18.9 Å². The van der Waals surface area contributed by atoms with Gasteiger partial charge in [0.15, 0.2) is 11.5 Å². The molecule has 0 spiro atoms. The summed E-state index contributed by atoms with van der Waals surface area (Å²) in [6.45, 7) is 0. The number of fused-ring (bicyclic) bond motifs is 1. The van der Waals surface area contributed by atoms with Gasteiger partial charge in [0.25, 0.3) is 0 Å². The van der Waals surface area contributed by atoms with Crippen molar-refractivity contribution in [1.29, 1.82) is 0 Å². The van der Waals surface area contributed by atoms with Crippen molar-refractivity contribution in [3.8, 4) is 11.6 Å². The molecule has 2 fully saturated rings. The first-order valence-electron chi connectivity index (χ1n) is 12.2. The summed E-state index contributed by atoms with van der Waals surface area (Å²) in [5.41, 5.74) is -0.183. The van der Waals surface area contributed by atoms with Crippen LogP contribution in [-0.2, 0) is 14.4 Å². The van der Waals surface area contributed by atoms with Gasteiger partial charge in [-0.05, 0) is 56.0 Å². The summed E-state index contributed by atoms with van der Waals surface area (Å²) >= 11 is 0. The maximum absolute atomic E-state index is 14.8. The Morgan fingerprint density at radius 3 is 2.42 bits per heavy atom. The average molecular weight is 515 g/mol. The number of aromatic nitrogens is 3. The van der Waals surface area contributed by atoms with Gasteiger partial charge >= 0.3 is 0 Å². The Labute approximate surface area is 216 Å². The van der Waals surface area contributed by atoms with Gasteiger partial charge in [0, 0.05) is 23.7 Å². The van der Waals surface area contributed by atoms with E-state index in [4.69, 9.17) is 4.74 Å². The molecule has 6 rings (SSSR count). The minimum Gasteiger partial charge on any atom is -0.437 e. The third kappa shape index (κ3) is 4.77. The Hall–Kier alpha value is -4.80. The van der Waals surface area contributed by atoms with E-state index in [9.17, 15) is 18.8 Å². The van der Waals surface area contributed by atoms with Crippen molar-refractivity contribution >= 4 is 40.6 Å². The molecule has 3 amide bonds. The Kier molecular flexibility index (Phi) is 5.74. The topological polar surface area (TPSA) is 127 Å². The molecule has 10 nitrogen and oxygen atoms in total. The van der Waals surface area contributed by atoms with Gasteiger partial charge in [-0.1, -0.05) is 18.2 Å². The highest BCUT2D eigenvalue weighted by Gasteiger charge is 2.56. The van der Waals surface area contributed by atoms with Gasteiger partial charge in [0.05, 0.1) is 11.9 Å². The molecule has 192 valence electrons. The Balaban J connectivity index is 1.11. The molecule has 2 aromatic carbocycles. The normalized spacial score (nSPS) is 15.5. The number of halogens is 1. The van der Waals surface area contributed by atoms with Crippen LogP contribution in [0.1, 0.15) is 25.7 Å². The number of benzene rings is 2. The zero-order valence-electron chi connectivity index (χ0n) is 20.1.